The first-order valence-electron chi connectivity index (χ1n) is 10.8. The molecule has 5 nitrogen and oxygen atoms in total. The van der Waals surface area contributed by atoms with E-state index >= 15 is 0 Å². The molecule has 32 heavy (non-hydrogen) atoms. The van der Waals surface area contributed by atoms with Gasteiger partial charge in [-0.1, -0.05) is 48.5 Å². The van der Waals surface area contributed by atoms with E-state index in [1.807, 2.05) is 49.4 Å². The van der Waals surface area contributed by atoms with Gasteiger partial charge >= 0.3 is 0 Å². The van der Waals surface area contributed by atoms with E-state index in [1.54, 1.807) is 7.11 Å². The van der Waals surface area contributed by atoms with Crippen LogP contribution in [0.2, 0.25) is 0 Å². The van der Waals surface area contributed by atoms with E-state index in [4.69, 9.17) is 9.72 Å². The third-order valence-electron chi connectivity index (χ3n) is 6.14. The summed E-state index contributed by atoms with van der Waals surface area (Å²) in [5, 5.41) is 4.06. The molecule has 5 rings (SSSR count). The molecule has 0 atom stereocenters. The number of nitrogens with one attached hydrogen (secondary N) is 1. The number of anilines is 3. The second-order valence-electron chi connectivity index (χ2n) is 8.10. The molecule has 0 spiro atoms. The lowest BCUT2D eigenvalue weighted by Gasteiger charge is -2.24. The highest BCUT2D eigenvalue weighted by molar-refractivity contribution is 6.10. The highest BCUT2D eigenvalue weighted by Crippen LogP contribution is 2.43. The summed E-state index contributed by atoms with van der Waals surface area (Å²) in [6.07, 6.45) is 0.750. The van der Waals surface area contributed by atoms with Crippen molar-refractivity contribution in [2.45, 2.75) is 20.3 Å². The van der Waals surface area contributed by atoms with Crippen LogP contribution in [0.1, 0.15) is 27.2 Å². The zero-order valence-electron chi connectivity index (χ0n) is 18.5. The Balaban J connectivity index is 1.71. The number of ether oxygens (including phenoxy) is 1. The van der Waals surface area contributed by atoms with E-state index in [9.17, 15) is 4.79 Å². The number of rotatable bonds is 4. The third kappa shape index (κ3) is 3.26. The predicted octanol–water partition coefficient (Wildman–Crippen LogP) is 5.81. The first-order valence-corrected chi connectivity index (χ1v) is 10.8. The average molecular weight is 424 g/mol. The first-order chi connectivity index (χ1) is 15.6. The van der Waals surface area contributed by atoms with Crippen LogP contribution in [0.3, 0.4) is 0 Å². The minimum absolute atomic E-state index is 0.199. The van der Waals surface area contributed by atoms with E-state index in [1.165, 1.54) is 5.56 Å². The van der Waals surface area contributed by atoms with Gasteiger partial charge in [0.25, 0.3) is 5.91 Å². The zero-order valence-corrected chi connectivity index (χ0v) is 18.5. The molecule has 1 amide bonds. The van der Waals surface area contributed by atoms with Gasteiger partial charge in [0.2, 0.25) is 0 Å². The van der Waals surface area contributed by atoms with Gasteiger partial charge in [-0.3, -0.25) is 4.79 Å². The van der Waals surface area contributed by atoms with E-state index in [-0.39, 0.29) is 5.91 Å². The van der Waals surface area contributed by atoms with Crippen LogP contribution < -0.4 is 15.0 Å². The van der Waals surface area contributed by atoms with E-state index in [0.717, 1.165) is 46.5 Å². The summed E-state index contributed by atoms with van der Waals surface area (Å²) in [5.74, 6) is 0.460. The van der Waals surface area contributed by atoms with Gasteiger partial charge < -0.3 is 15.0 Å². The lowest BCUT2D eigenvalue weighted by molar-refractivity contribution is 0.102. The van der Waals surface area contributed by atoms with Gasteiger partial charge in [-0.25, -0.2) is 4.98 Å². The molecule has 0 bridgehead atoms. The Bertz CT molecular complexity index is 1350. The van der Waals surface area contributed by atoms with Crippen molar-refractivity contribution in [3.63, 3.8) is 0 Å². The maximum Gasteiger partial charge on any atom is 0.274 e. The maximum absolute atomic E-state index is 13.4. The van der Waals surface area contributed by atoms with Gasteiger partial charge in [0.15, 0.2) is 0 Å². The average Bonchev–Trinajstić information content (AvgIpc) is 3.25. The largest absolute Gasteiger partial charge is 0.494 e. The number of hydrogen-bond acceptors (Lipinski definition) is 4. The molecule has 0 radical (unpaired) electrons. The molecule has 1 aliphatic rings. The number of carbonyl (C=O) groups is 1. The van der Waals surface area contributed by atoms with Crippen LogP contribution in [-0.2, 0) is 6.42 Å². The molecule has 3 aromatic carbocycles. The van der Waals surface area contributed by atoms with E-state index in [0.29, 0.717) is 17.0 Å². The van der Waals surface area contributed by atoms with Gasteiger partial charge in [-0.15, -0.1) is 0 Å². The second kappa shape index (κ2) is 8.00. The molecule has 2 heterocycles. The number of nitrogens with zero attached hydrogens (tertiary/aromatic N) is 2. The van der Waals surface area contributed by atoms with Gasteiger partial charge in [-0.2, -0.15) is 0 Å². The number of fused-ring (bicyclic) bond motifs is 3. The summed E-state index contributed by atoms with van der Waals surface area (Å²) in [6.45, 7) is 4.89. The molecule has 1 N–H and O–H groups in total. The molecule has 0 saturated carbocycles. The second-order valence-corrected chi connectivity index (χ2v) is 8.10. The van der Waals surface area contributed by atoms with Crippen molar-refractivity contribution in [3.05, 3.63) is 89.1 Å². The highest BCUT2D eigenvalue weighted by Gasteiger charge is 2.31. The maximum atomic E-state index is 13.4. The number of para-hydroxylation sites is 3. The summed E-state index contributed by atoms with van der Waals surface area (Å²) in [6, 6.07) is 22.0. The summed E-state index contributed by atoms with van der Waals surface area (Å²) in [4.78, 5) is 20.6. The monoisotopic (exact) mass is 423 g/mol. The number of methoxy groups -OCH3 is 1. The van der Waals surface area contributed by atoms with Crippen molar-refractivity contribution in [1.29, 1.82) is 0 Å². The zero-order chi connectivity index (χ0) is 22.2. The predicted molar refractivity (Wildman–Crippen MR) is 129 cm³/mol. The number of carbonyl (C=O) groups excluding carboxylic acids is 1. The standard InChI is InChI=1S/C27H25N3O2/c1-17-9-4-6-12-21(17)28-27(31)25-20-15-16-30(22-13-7-5-10-18(22)2)26(20)19-11-8-14-23(32-3)24(19)29-25/h4-14H,15-16H2,1-3H3,(H,28,31). The summed E-state index contributed by atoms with van der Waals surface area (Å²) >= 11 is 0. The molecular formula is C27H25N3O2. The SMILES string of the molecule is COc1cccc2c3c(c(C(=O)Nc4ccccc4C)nc12)CCN3c1ccccc1C. The molecule has 0 aliphatic carbocycles. The lowest BCUT2D eigenvalue weighted by Crippen LogP contribution is -2.17. The van der Waals surface area contributed by atoms with Crippen LogP contribution in [0.4, 0.5) is 17.1 Å². The van der Waals surface area contributed by atoms with E-state index < -0.39 is 0 Å². The normalized spacial score (nSPS) is 12.7. The molecule has 5 heteroatoms. The Morgan fingerprint density at radius 2 is 1.72 bits per heavy atom. The Morgan fingerprint density at radius 3 is 2.47 bits per heavy atom. The Kier molecular flexibility index (Phi) is 5.02. The van der Waals surface area contributed by atoms with E-state index in [2.05, 4.69) is 41.4 Å². The third-order valence-corrected chi connectivity index (χ3v) is 6.14. The summed E-state index contributed by atoms with van der Waals surface area (Å²) in [7, 11) is 1.63. The van der Waals surface area contributed by atoms with Gasteiger partial charge in [0.05, 0.1) is 12.8 Å². The molecular weight excluding hydrogens is 398 g/mol. The highest BCUT2D eigenvalue weighted by atomic mass is 16.5. The van der Waals surface area contributed by atoms with Crippen LogP contribution in [0.25, 0.3) is 10.9 Å². The smallest absolute Gasteiger partial charge is 0.274 e. The molecule has 4 aromatic rings. The lowest BCUT2D eigenvalue weighted by atomic mass is 10.0. The van der Waals surface area contributed by atoms with Gasteiger partial charge in [-0.05, 0) is 49.6 Å². The van der Waals surface area contributed by atoms with Crippen molar-refractivity contribution >= 4 is 33.9 Å². The topological polar surface area (TPSA) is 54.5 Å². The molecule has 1 aliphatic heterocycles. The molecule has 0 fully saturated rings. The van der Waals surface area contributed by atoms with Crippen molar-refractivity contribution < 1.29 is 9.53 Å². The fourth-order valence-electron chi connectivity index (χ4n) is 4.52. The fourth-order valence-corrected chi connectivity index (χ4v) is 4.52. The summed E-state index contributed by atoms with van der Waals surface area (Å²) < 4.78 is 5.61. The van der Waals surface area contributed by atoms with Crippen LogP contribution in [0.5, 0.6) is 5.75 Å². The van der Waals surface area contributed by atoms with Crippen LogP contribution in [0.15, 0.2) is 66.7 Å². The van der Waals surface area contributed by atoms with Gasteiger partial charge in [0, 0.05) is 28.9 Å². The quantitative estimate of drug-likeness (QED) is 0.450. The van der Waals surface area contributed by atoms with Crippen molar-refractivity contribution in [2.24, 2.45) is 0 Å². The molecule has 1 aromatic heterocycles. The number of hydrogen-bond donors (Lipinski definition) is 1. The minimum Gasteiger partial charge on any atom is -0.494 e. The summed E-state index contributed by atoms with van der Waals surface area (Å²) in [5.41, 5.74) is 7.31. The molecule has 0 unspecified atom stereocenters. The van der Waals surface area contributed by atoms with Crippen LogP contribution in [0, 0.1) is 13.8 Å². The van der Waals surface area contributed by atoms with Crippen molar-refractivity contribution in [2.75, 3.05) is 23.9 Å². The number of aryl methyl sites for hydroxylation is 2. The fraction of sp³-hybridized carbons (Fsp3) is 0.185. The van der Waals surface area contributed by atoms with Crippen LogP contribution in [-0.4, -0.2) is 24.5 Å². The van der Waals surface area contributed by atoms with Crippen molar-refractivity contribution in [3.8, 4) is 5.75 Å². The number of aromatic nitrogens is 1. The number of benzene rings is 3. The number of pyridine rings is 1. The number of amides is 1. The minimum atomic E-state index is -0.199. The van der Waals surface area contributed by atoms with Gasteiger partial charge in [0.1, 0.15) is 17.0 Å². The Hall–Kier alpha value is -3.86. The molecule has 160 valence electrons. The molecule has 0 saturated heterocycles. The Labute approximate surface area is 187 Å². The first kappa shape index (κ1) is 20.1. The Morgan fingerprint density at radius 1 is 0.969 bits per heavy atom. The van der Waals surface area contributed by atoms with Crippen molar-refractivity contribution in [1.82, 2.24) is 4.98 Å². The van der Waals surface area contributed by atoms with Crippen LogP contribution >= 0.6 is 0 Å².